The van der Waals surface area contributed by atoms with Gasteiger partial charge in [0.05, 0.1) is 10.0 Å². The Hall–Kier alpha value is -1.56. The highest BCUT2D eigenvalue weighted by Gasteiger charge is 2.11. The molecule has 0 spiro atoms. The van der Waals surface area contributed by atoms with Crippen molar-refractivity contribution in [2.24, 2.45) is 0 Å². The summed E-state index contributed by atoms with van der Waals surface area (Å²) in [5.74, 6) is -0.0391. The molecule has 2 aromatic rings. The SMILES string of the molecule is O=C(NO)c1cc(CCCCCc2ccc(Cl)c(Cl)c2)on1. The van der Waals surface area contributed by atoms with Crippen molar-refractivity contribution >= 4 is 29.1 Å². The summed E-state index contributed by atoms with van der Waals surface area (Å²) < 4.78 is 5.03. The molecule has 0 saturated heterocycles. The summed E-state index contributed by atoms with van der Waals surface area (Å²) in [4.78, 5) is 11.1. The minimum absolute atomic E-state index is 0.0771. The Morgan fingerprint density at radius 2 is 1.91 bits per heavy atom. The van der Waals surface area contributed by atoms with Crippen LogP contribution in [0, 0.1) is 0 Å². The predicted molar refractivity (Wildman–Crippen MR) is 83.5 cm³/mol. The molecule has 22 heavy (non-hydrogen) atoms. The number of carbonyl (C=O) groups is 1. The molecule has 0 unspecified atom stereocenters. The average molecular weight is 343 g/mol. The predicted octanol–water partition coefficient (Wildman–Crippen LogP) is 4.06. The van der Waals surface area contributed by atoms with Gasteiger partial charge in [-0.05, 0) is 37.0 Å². The van der Waals surface area contributed by atoms with Crippen molar-refractivity contribution in [2.75, 3.05) is 0 Å². The Balaban J connectivity index is 1.70. The van der Waals surface area contributed by atoms with Gasteiger partial charge in [-0.2, -0.15) is 0 Å². The van der Waals surface area contributed by atoms with E-state index in [9.17, 15) is 4.79 Å². The molecule has 5 nitrogen and oxygen atoms in total. The van der Waals surface area contributed by atoms with Gasteiger partial charge in [0.2, 0.25) is 0 Å². The average Bonchev–Trinajstić information content (AvgIpc) is 2.98. The molecule has 2 rings (SSSR count). The summed E-state index contributed by atoms with van der Waals surface area (Å²) in [6, 6.07) is 7.20. The van der Waals surface area contributed by atoms with Crippen LogP contribution >= 0.6 is 23.2 Å². The van der Waals surface area contributed by atoms with E-state index in [1.54, 1.807) is 0 Å². The third-order valence-corrected chi connectivity index (χ3v) is 4.00. The second-order valence-electron chi connectivity index (χ2n) is 4.93. The zero-order valence-electron chi connectivity index (χ0n) is 11.8. The Bertz CT molecular complexity index is 643. The number of nitrogens with one attached hydrogen (secondary N) is 1. The van der Waals surface area contributed by atoms with Crippen molar-refractivity contribution in [1.29, 1.82) is 0 Å². The van der Waals surface area contributed by atoms with Gasteiger partial charge in [0.1, 0.15) is 5.76 Å². The summed E-state index contributed by atoms with van der Waals surface area (Å²) in [6.45, 7) is 0. The number of nitrogens with zero attached hydrogens (tertiary/aromatic N) is 1. The van der Waals surface area contributed by atoms with E-state index in [0.29, 0.717) is 22.2 Å². The monoisotopic (exact) mass is 342 g/mol. The Kier molecular flexibility index (Phi) is 6.24. The van der Waals surface area contributed by atoms with Crippen LogP contribution in [-0.2, 0) is 12.8 Å². The minimum Gasteiger partial charge on any atom is -0.361 e. The smallest absolute Gasteiger partial charge is 0.296 e. The van der Waals surface area contributed by atoms with E-state index in [4.69, 9.17) is 32.9 Å². The number of hydrogen-bond acceptors (Lipinski definition) is 4. The first-order chi connectivity index (χ1) is 10.6. The Morgan fingerprint density at radius 3 is 2.64 bits per heavy atom. The zero-order chi connectivity index (χ0) is 15.9. The van der Waals surface area contributed by atoms with Crippen LogP contribution in [0.4, 0.5) is 0 Å². The highest BCUT2D eigenvalue weighted by molar-refractivity contribution is 6.42. The van der Waals surface area contributed by atoms with Crippen LogP contribution in [0.15, 0.2) is 28.8 Å². The van der Waals surface area contributed by atoms with Crippen molar-refractivity contribution in [3.63, 3.8) is 0 Å². The third-order valence-electron chi connectivity index (χ3n) is 3.27. The highest BCUT2D eigenvalue weighted by atomic mass is 35.5. The van der Waals surface area contributed by atoms with Crippen LogP contribution in [0.25, 0.3) is 0 Å². The number of halogens is 2. The largest absolute Gasteiger partial charge is 0.361 e. The van der Waals surface area contributed by atoms with Crippen molar-refractivity contribution in [1.82, 2.24) is 10.6 Å². The lowest BCUT2D eigenvalue weighted by molar-refractivity contribution is 0.0696. The normalized spacial score (nSPS) is 10.7. The molecule has 118 valence electrons. The summed E-state index contributed by atoms with van der Waals surface area (Å²) in [7, 11) is 0. The minimum atomic E-state index is -0.672. The van der Waals surface area contributed by atoms with E-state index >= 15 is 0 Å². The van der Waals surface area contributed by atoms with Crippen LogP contribution in [0.1, 0.15) is 41.1 Å². The van der Waals surface area contributed by atoms with Crippen molar-refractivity contribution < 1.29 is 14.5 Å². The summed E-state index contributed by atoms with van der Waals surface area (Å²) in [5, 5.41) is 13.2. The number of rotatable bonds is 7. The molecule has 0 atom stereocenters. The van der Waals surface area contributed by atoms with Gasteiger partial charge >= 0.3 is 0 Å². The molecule has 0 aliphatic rings. The summed E-state index contributed by atoms with van der Waals surface area (Å²) in [5.41, 5.74) is 2.76. The summed E-state index contributed by atoms with van der Waals surface area (Å²) >= 11 is 11.8. The van der Waals surface area contributed by atoms with Gasteiger partial charge in [-0.3, -0.25) is 10.0 Å². The second kappa shape index (κ2) is 8.17. The topological polar surface area (TPSA) is 75.4 Å². The van der Waals surface area contributed by atoms with Crippen molar-refractivity contribution in [2.45, 2.75) is 32.1 Å². The fraction of sp³-hybridized carbons (Fsp3) is 0.333. The lowest BCUT2D eigenvalue weighted by Crippen LogP contribution is -2.18. The van der Waals surface area contributed by atoms with Gasteiger partial charge < -0.3 is 4.52 Å². The van der Waals surface area contributed by atoms with Gasteiger partial charge in [-0.25, -0.2) is 5.48 Å². The van der Waals surface area contributed by atoms with E-state index < -0.39 is 5.91 Å². The van der Waals surface area contributed by atoms with Gasteiger partial charge in [0, 0.05) is 12.5 Å². The maximum absolute atomic E-state index is 11.1. The first-order valence-corrected chi connectivity index (χ1v) is 7.69. The second-order valence-corrected chi connectivity index (χ2v) is 5.74. The molecule has 0 saturated carbocycles. The van der Waals surface area contributed by atoms with Gasteiger partial charge in [-0.1, -0.05) is 40.8 Å². The maximum atomic E-state index is 11.1. The lowest BCUT2D eigenvalue weighted by Gasteiger charge is -2.03. The van der Waals surface area contributed by atoms with Crippen molar-refractivity contribution in [3.05, 3.63) is 51.3 Å². The van der Waals surface area contributed by atoms with Crippen LogP contribution in [0.2, 0.25) is 10.0 Å². The van der Waals surface area contributed by atoms with E-state index in [2.05, 4.69) is 5.16 Å². The molecule has 0 fully saturated rings. The number of hydrogen-bond donors (Lipinski definition) is 2. The van der Waals surface area contributed by atoms with Crippen LogP contribution in [0.5, 0.6) is 0 Å². The lowest BCUT2D eigenvalue weighted by atomic mass is 10.1. The number of aromatic nitrogens is 1. The Morgan fingerprint density at radius 1 is 1.14 bits per heavy atom. The number of benzene rings is 1. The number of aryl methyl sites for hydroxylation is 2. The Labute approximate surface area is 138 Å². The molecule has 2 N–H and O–H groups in total. The molecule has 1 amide bonds. The summed E-state index contributed by atoms with van der Waals surface area (Å²) in [6.07, 6.45) is 4.60. The van der Waals surface area contributed by atoms with Gasteiger partial charge in [0.25, 0.3) is 5.91 Å². The molecule has 0 radical (unpaired) electrons. The van der Waals surface area contributed by atoms with Crippen LogP contribution < -0.4 is 5.48 Å². The zero-order valence-corrected chi connectivity index (χ0v) is 13.3. The number of hydroxylamine groups is 1. The molecule has 0 aliphatic carbocycles. The van der Waals surface area contributed by atoms with E-state index in [1.807, 2.05) is 18.2 Å². The fourth-order valence-corrected chi connectivity index (χ4v) is 2.42. The number of amides is 1. The molecular weight excluding hydrogens is 327 g/mol. The van der Waals surface area contributed by atoms with E-state index in [0.717, 1.165) is 31.2 Å². The highest BCUT2D eigenvalue weighted by Crippen LogP contribution is 2.23. The fourth-order valence-electron chi connectivity index (χ4n) is 2.10. The van der Waals surface area contributed by atoms with E-state index in [-0.39, 0.29) is 5.69 Å². The molecule has 0 aliphatic heterocycles. The van der Waals surface area contributed by atoms with Crippen LogP contribution in [0.3, 0.4) is 0 Å². The molecule has 1 aromatic carbocycles. The third kappa shape index (κ3) is 4.73. The van der Waals surface area contributed by atoms with Gasteiger partial charge in [-0.15, -0.1) is 0 Å². The maximum Gasteiger partial charge on any atom is 0.296 e. The van der Waals surface area contributed by atoms with Gasteiger partial charge in [0.15, 0.2) is 5.69 Å². The quantitative estimate of drug-likeness (QED) is 0.452. The molecule has 1 aromatic heterocycles. The molecule has 1 heterocycles. The number of unbranched alkanes of at least 4 members (excludes halogenated alkanes) is 2. The first kappa shape index (κ1) is 16.8. The first-order valence-electron chi connectivity index (χ1n) is 6.94. The van der Waals surface area contributed by atoms with Crippen LogP contribution in [-0.4, -0.2) is 16.3 Å². The van der Waals surface area contributed by atoms with Crippen molar-refractivity contribution in [3.8, 4) is 0 Å². The molecule has 0 bridgehead atoms. The molecule has 7 heteroatoms. The van der Waals surface area contributed by atoms with E-state index in [1.165, 1.54) is 11.5 Å². The molecular formula is C15H16Cl2N2O3. The number of carbonyl (C=O) groups excluding carboxylic acids is 1. The standard InChI is InChI=1S/C15H16Cl2N2O3/c16-12-7-6-10(8-13(12)17)4-2-1-3-5-11-9-14(19-22-11)15(20)18-21/h6-9,21H,1-5H2,(H,18,20).